The smallest absolute Gasteiger partial charge is 0.126 e. The molecule has 0 saturated heterocycles. The molecule has 1 aliphatic carbocycles. The third kappa shape index (κ3) is 1.73. The Balaban J connectivity index is 2.04. The van der Waals surface area contributed by atoms with Gasteiger partial charge >= 0.3 is 0 Å². The largest absolute Gasteiger partial charge is 0.394 e. The van der Waals surface area contributed by atoms with Crippen molar-refractivity contribution in [2.45, 2.75) is 31.2 Å². The lowest BCUT2D eigenvalue weighted by molar-refractivity contribution is 0.264. The number of aromatic nitrogens is 2. The van der Waals surface area contributed by atoms with E-state index in [0.717, 1.165) is 11.0 Å². The summed E-state index contributed by atoms with van der Waals surface area (Å²) < 4.78 is 0. The van der Waals surface area contributed by atoms with Crippen molar-refractivity contribution in [2.75, 3.05) is 6.61 Å². The number of nitrogens with two attached hydrogens (primary N) is 1. The molecule has 1 fully saturated rings. The van der Waals surface area contributed by atoms with E-state index in [9.17, 15) is 0 Å². The average molecular weight is 231 g/mol. The highest BCUT2D eigenvalue weighted by molar-refractivity contribution is 5.76. The molecule has 90 valence electrons. The Morgan fingerprint density at radius 3 is 2.94 bits per heavy atom. The van der Waals surface area contributed by atoms with E-state index >= 15 is 0 Å². The van der Waals surface area contributed by atoms with Crippen molar-refractivity contribution in [3.8, 4) is 0 Å². The van der Waals surface area contributed by atoms with Crippen molar-refractivity contribution in [3.63, 3.8) is 0 Å². The van der Waals surface area contributed by atoms with E-state index in [1.807, 2.05) is 6.07 Å². The predicted molar refractivity (Wildman–Crippen MR) is 66.7 cm³/mol. The van der Waals surface area contributed by atoms with Gasteiger partial charge in [-0.05, 0) is 36.0 Å². The van der Waals surface area contributed by atoms with Gasteiger partial charge in [0.15, 0.2) is 0 Å². The number of hydrogen-bond acceptors (Lipinski definition) is 3. The molecule has 0 spiro atoms. The summed E-state index contributed by atoms with van der Waals surface area (Å²) in [5, 5.41) is 9.02. The summed E-state index contributed by atoms with van der Waals surface area (Å²) in [7, 11) is 0. The van der Waals surface area contributed by atoms with Crippen LogP contribution in [-0.2, 0) is 5.41 Å². The van der Waals surface area contributed by atoms with E-state index in [4.69, 9.17) is 10.8 Å². The topological polar surface area (TPSA) is 74.9 Å². The summed E-state index contributed by atoms with van der Waals surface area (Å²) in [6.07, 6.45) is 2.52. The van der Waals surface area contributed by atoms with Gasteiger partial charge in [-0.3, -0.25) is 0 Å². The highest BCUT2D eigenvalue weighted by atomic mass is 16.3. The first-order valence-electron chi connectivity index (χ1n) is 5.99. The average Bonchev–Trinajstić information content (AvgIpc) is 2.95. The maximum absolute atomic E-state index is 9.02. The minimum Gasteiger partial charge on any atom is -0.394 e. The van der Waals surface area contributed by atoms with Gasteiger partial charge in [0.05, 0.1) is 23.7 Å². The zero-order chi connectivity index (χ0) is 12.0. The molecule has 4 nitrogen and oxygen atoms in total. The maximum Gasteiger partial charge on any atom is 0.126 e. The van der Waals surface area contributed by atoms with Crippen LogP contribution in [0.1, 0.15) is 37.2 Å². The normalized spacial score (nSPS) is 19.5. The van der Waals surface area contributed by atoms with E-state index in [1.54, 1.807) is 0 Å². The number of aliphatic hydroxyl groups excluding tert-OH is 1. The van der Waals surface area contributed by atoms with E-state index in [2.05, 4.69) is 29.0 Å². The second-order valence-electron chi connectivity index (χ2n) is 5.20. The molecule has 4 N–H and O–H groups in total. The highest BCUT2D eigenvalue weighted by Gasteiger charge is 2.39. The van der Waals surface area contributed by atoms with E-state index in [-0.39, 0.29) is 6.61 Å². The third-order valence-electron chi connectivity index (χ3n) is 3.75. The first kappa shape index (κ1) is 10.7. The summed E-state index contributed by atoms with van der Waals surface area (Å²) in [4.78, 5) is 7.58. The molecule has 1 heterocycles. The van der Waals surface area contributed by atoms with Crippen molar-refractivity contribution in [2.24, 2.45) is 5.73 Å². The molecule has 2 aromatic rings. The van der Waals surface area contributed by atoms with Crippen LogP contribution in [0.2, 0.25) is 0 Å². The number of fused-ring (bicyclic) bond motifs is 1. The first-order valence-corrected chi connectivity index (χ1v) is 5.99. The third-order valence-corrected chi connectivity index (χ3v) is 3.75. The van der Waals surface area contributed by atoms with E-state index in [1.165, 1.54) is 18.4 Å². The minimum atomic E-state index is -0.428. The lowest BCUT2D eigenvalue weighted by Crippen LogP contribution is -2.15. The molecule has 0 radical (unpaired) electrons. The SMILES string of the molecule is CC1(c2ccc3nc(C(N)CO)[nH]c3c2)CC1. The lowest BCUT2D eigenvalue weighted by atomic mass is 9.98. The van der Waals surface area contributed by atoms with Crippen LogP contribution in [-0.4, -0.2) is 21.7 Å². The van der Waals surface area contributed by atoms with Crippen LogP contribution in [0.5, 0.6) is 0 Å². The van der Waals surface area contributed by atoms with Crippen LogP contribution >= 0.6 is 0 Å². The molecule has 0 amide bonds. The number of benzene rings is 1. The number of aliphatic hydroxyl groups is 1. The molecule has 4 heteroatoms. The lowest BCUT2D eigenvalue weighted by Gasteiger charge is -2.07. The monoisotopic (exact) mass is 231 g/mol. The van der Waals surface area contributed by atoms with Gasteiger partial charge < -0.3 is 15.8 Å². The number of nitrogens with one attached hydrogen (secondary N) is 1. The molecule has 1 aromatic heterocycles. The predicted octanol–water partition coefficient (Wildman–Crippen LogP) is 1.61. The van der Waals surface area contributed by atoms with Gasteiger partial charge in [0.1, 0.15) is 5.82 Å². The first-order chi connectivity index (χ1) is 8.12. The second-order valence-corrected chi connectivity index (χ2v) is 5.20. The maximum atomic E-state index is 9.02. The molecular weight excluding hydrogens is 214 g/mol. The Kier molecular flexibility index (Phi) is 2.24. The summed E-state index contributed by atoms with van der Waals surface area (Å²) in [5.74, 6) is 0.653. The number of rotatable bonds is 3. The van der Waals surface area contributed by atoms with Crippen molar-refractivity contribution in [1.82, 2.24) is 9.97 Å². The standard InChI is InChI=1S/C13H17N3O/c1-13(4-5-13)8-2-3-10-11(6-8)16-12(15-10)9(14)7-17/h2-3,6,9,17H,4-5,7,14H2,1H3,(H,15,16). The fourth-order valence-electron chi connectivity index (χ4n) is 2.14. The van der Waals surface area contributed by atoms with Crippen LogP contribution in [0.25, 0.3) is 11.0 Å². The number of imidazole rings is 1. The number of aromatic amines is 1. The molecule has 0 bridgehead atoms. The molecule has 1 aromatic carbocycles. The number of H-pyrrole nitrogens is 1. The van der Waals surface area contributed by atoms with Gasteiger partial charge in [-0.15, -0.1) is 0 Å². The Labute approximate surface area is 99.9 Å². The van der Waals surface area contributed by atoms with Crippen molar-refractivity contribution in [1.29, 1.82) is 0 Å². The second kappa shape index (κ2) is 3.55. The highest BCUT2D eigenvalue weighted by Crippen LogP contribution is 2.47. The van der Waals surface area contributed by atoms with Gasteiger partial charge in [0.2, 0.25) is 0 Å². The summed E-state index contributed by atoms with van der Waals surface area (Å²) in [6, 6.07) is 5.90. The zero-order valence-corrected chi connectivity index (χ0v) is 9.90. The van der Waals surface area contributed by atoms with Gasteiger partial charge in [0.25, 0.3) is 0 Å². The van der Waals surface area contributed by atoms with Crippen LogP contribution in [0, 0.1) is 0 Å². The number of hydrogen-bond donors (Lipinski definition) is 3. The van der Waals surface area contributed by atoms with Gasteiger partial charge in [-0.2, -0.15) is 0 Å². The quantitative estimate of drug-likeness (QED) is 0.751. The van der Waals surface area contributed by atoms with Crippen LogP contribution in [0.15, 0.2) is 18.2 Å². The van der Waals surface area contributed by atoms with Crippen LogP contribution in [0.4, 0.5) is 0 Å². The number of nitrogens with zero attached hydrogens (tertiary/aromatic N) is 1. The molecule has 0 aliphatic heterocycles. The molecule has 1 saturated carbocycles. The Hall–Kier alpha value is -1.39. The summed E-state index contributed by atoms with van der Waals surface area (Å²) in [6.45, 7) is 2.19. The zero-order valence-electron chi connectivity index (χ0n) is 9.90. The minimum absolute atomic E-state index is 0.0929. The van der Waals surface area contributed by atoms with Gasteiger partial charge in [-0.25, -0.2) is 4.98 Å². The van der Waals surface area contributed by atoms with Crippen LogP contribution in [0.3, 0.4) is 0 Å². The molecule has 17 heavy (non-hydrogen) atoms. The fourth-order valence-corrected chi connectivity index (χ4v) is 2.14. The van der Waals surface area contributed by atoms with Crippen molar-refractivity contribution >= 4 is 11.0 Å². The Morgan fingerprint density at radius 1 is 1.53 bits per heavy atom. The van der Waals surface area contributed by atoms with E-state index in [0.29, 0.717) is 11.2 Å². The molecule has 1 unspecified atom stereocenters. The van der Waals surface area contributed by atoms with Gasteiger partial charge in [-0.1, -0.05) is 13.0 Å². The van der Waals surface area contributed by atoms with Crippen molar-refractivity contribution < 1.29 is 5.11 Å². The van der Waals surface area contributed by atoms with Gasteiger partial charge in [0, 0.05) is 0 Å². The van der Waals surface area contributed by atoms with Crippen LogP contribution < -0.4 is 5.73 Å². The van der Waals surface area contributed by atoms with Crippen molar-refractivity contribution in [3.05, 3.63) is 29.6 Å². The molecule has 1 aliphatic rings. The molecule has 1 atom stereocenters. The fraction of sp³-hybridized carbons (Fsp3) is 0.462. The summed E-state index contributed by atoms with van der Waals surface area (Å²) >= 11 is 0. The molecular formula is C13H17N3O. The molecule has 3 rings (SSSR count). The Morgan fingerprint density at radius 2 is 2.29 bits per heavy atom. The van der Waals surface area contributed by atoms with E-state index < -0.39 is 6.04 Å². The summed E-state index contributed by atoms with van der Waals surface area (Å²) in [5.41, 5.74) is 9.39. The Bertz CT molecular complexity index is 557.